The number of aliphatic hydroxyl groups is 1. The average molecular weight is 522 g/mol. The van der Waals surface area contributed by atoms with Gasteiger partial charge in [0.2, 0.25) is 0 Å². The van der Waals surface area contributed by atoms with Crippen molar-refractivity contribution < 1.29 is 14.7 Å². The number of nitrogens with zero attached hydrogens (tertiary/aromatic N) is 2. The third kappa shape index (κ3) is 6.47. The number of piperidine rings is 1. The highest BCUT2D eigenvalue weighted by Crippen LogP contribution is 2.23. The van der Waals surface area contributed by atoms with E-state index in [-0.39, 0.29) is 17.7 Å². The molecule has 0 bridgehead atoms. The van der Waals surface area contributed by atoms with E-state index in [1.807, 2.05) is 97.5 Å². The summed E-state index contributed by atoms with van der Waals surface area (Å²) in [5.74, 6) is 0.197. The Balaban J connectivity index is 1.16. The van der Waals surface area contributed by atoms with Gasteiger partial charge < -0.3 is 19.9 Å². The summed E-state index contributed by atoms with van der Waals surface area (Å²) in [6, 6.07) is 25.5. The zero-order valence-corrected chi connectivity index (χ0v) is 22.6. The van der Waals surface area contributed by atoms with Crippen molar-refractivity contribution in [3.05, 3.63) is 113 Å². The Labute approximate surface area is 229 Å². The fourth-order valence-electron chi connectivity index (χ4n) is 5.13. The molecule has 1 fully saturated rings. The van der Waals surface area contributed by atoms with Gasteiger partial charge in [0.25, 0.3) is 0 Å². The molecular weight excluding hydrogens is 486 g/mol. The number of aryl methyl sites for hydroxylation is 2. The van der Waals surface area contributed by atoms with Crippen LogP contribution in [0.5, 0.6) is 0 Å². The molecule has 3 aromatic carbocycles. The lowest BCUT2D eigenvalue weighted by atomic mass is 10.0. The molecule has 0 spiro atoms. The quantitative estimate of drug-likeness (QED) is 0.269. The predicted octanol–water partition coefficient (Wildman–Crippen LogP) is 5.89. The molecule has 4 aromatic rings. The van der Waals surface area contributed by atoms with E-state index in [9.17, 15) is 14.7 Å². The van der Waals surface area contributed by atoms with Crippen molar-refractivity contribution in [2.24, 2.45) is 7.05 Å². The summed E-state index contributed by atoms with van der Waals surface area (Å²) >= 11 is 0. The number of ketones is 2. The molecule has 0 aliphatic carbocycles. The first-order chi connectivity index (χ1) is 18.9. The smallest absolute Gasteiger partial charge is 0.183 e. The van der Waals surface area contributed by atoms with Gasteiger partial charge in [0, 0.05) is 61.8 Å². The third-order valence-corrected chi connectivity index (χ3v) is 7.55. The van der Waals surface area contributed by atoms with Crippen LogP contribution < -0.4 is 10.2 Å². The van der Waals surface area contributed by atoms with E-state index in [1.54, 1.807) is 0 Å². The lowest BCUT2D eigenvalue weighted by Crippen LogP contribution is -2.35. The number of Topliss-reactive ketones (excluding diaryl/α,β-unsaturated/α-hetero) is 2. The minimum absolute atomic E-state index is 0.0902. The molecule has 5 rings (SSSR count). The largest absolute Gasteiger partial charge is 0.393 e. The highest BCUT2D eigenvalue weighted by molar-refractivity contribution is 5.98. The van der Waals surface area contributed by atoms with Crippen molar-refractivity contribution in [1.82, 2.24) is 4.57 Å². The zero-order valence-electron chi connectivity index (χ0n) is 22.6. The molecule has 0 unspecified atom stereocenters. The van der Waals surface area contributed by atoms with Crippen molar-refractivity contribution in [3.63, 3.8) is 0 Å². The van der Waals surface area contributed by atoms with Gasteiger partial charge in [-0.1, -0.05) is 18.2 Å². The number of carbonyl (C=O) groups excluding carboxylic acids is 2. The molecule has 0 atom stereocenters. The first kappa shape index (κ1) is 26.4. The molecule has 6 heteroatoms. The number of carbonyl (C=O) groups is 2. The molecule has 200 valence electrons. The number of anilines is 3. The number of rotatable bonds is 9. The molecule has 2 N–H and O–H groups in total. The minimum atomic E-state index is -0.199. The SMILES string of the molecule is Cc1cc(Nc2ccc(CC(=O)c3ccc(N4CCC(O)CC4)cc3)cc2)ccc1CC(=O)c1cccn1C. The van der Waals surface area contributed by atoms with E-state index in [1.165, 1.54) is 0 Å². The van der Waals surface area contributed by atoms with Crippen LogP contribution in [0.4, 0.5) is 17.1 Å². The Morgan fingerprint density at radius 1 is 0.872 bits per heavy atom. The fourth-order valence-corrected chi connectivity index (χ4v) is 5.13. The van der Waals surface area contributed by atoms with Crippen LogP contribution in [0, 0.1) is 6.92 Å². The molecule has 1 aromatic heterocycles. The molecule has 1 aliphatic rings. The van der Waals surface area contributed by atoms with Crippen LogP contribution in [0.25, 0.3) is 0 Å². The van der Waals surface area contributed by atoms with Crippen molar-refractivity contribution >= 4 is 28.6 Å². The van der Waals surface area contributed by atoms with Gasteiger partial charge in [-0.25, -0.2) is 0 Å². The summed E-state index contributed by atoms with van der Waals surface area (Å²) < 4.78 is 1.85. The lowest BCUT2D eigenvalue weighted by molar-refractivity contribution is 0.0980. The van der Waals surface area contributed by atoms with Gasteiger partial charge in [0.15, 0.2) is 11.6 Å². The summed E-state index contributed by atoms with van der Waals surface area (Å²) in [6.45, 7) is 3.70. The highest BCUT2D eigenvalue weighted by Gasteiger charge is 2.18. The molecule has 1 aliphatic heterocycles. The second-order valence-corrected chi connectivity index (χ2v) is 10.4. The summed E-state index contributed by atoms with van der Waals surface area (Å²) in [6.07, 6.45) is 3.97. The number of benzene rings is 3. The van der Waals surface area contributed by atoms with Crippen LogP contribution in [0.3, 0.4) is 0 Å². The standard InChI is InChI=1S/C33H35N3O3/c1-23-20-28(12-7-26(23)22-33(39)31-4-3-17-35(31)2)34-27-10-5-24(6-11-27)21-32(38)25-8-13-29(14-9-25)36-18-15-30(37)16-19-36/h3-14,17,20,30,34,37H,15-16,18-19,21-22H2,1-2H3. The van der Waals surface area contributed by atoms with E-state index in [0.29, 0.717) is 24.1 Å². The van der Waals surface area contributed by atoms with Gasteiger partial charge >= 0.3 is 0 Å². The maximum absolute atomic E-state index is 12.9. The lowest BCUT2D eigenvalue weighted by Gasteiger charge is -2.31. The van der Waals surface area contributed by atoms with Gasteiger partial charge in [-0.05, 0) is 97.1 Å². The first-order valence-corrected chi connectivity index (χ1v) is 13.5. The van der Waals surface area contributed by atoms with Crippen LogP contribution in [-0.2, 0) is 19.9 Å². The van der Waals surface area contributed by atoms with Gasteiger partial charge in [0.05, 0.1) is 11.8 Å². The Hall–Kier alpha value is -4.16. The Bertz CT molecular complexity index is 1450. The summed E-state index contributed by atoms with van der Waals surface area (Å²) in [4.78, 5) is 27.8. The monoisotopic (exact) mass is 521 g/mol. The second kappa shape index (κ2) is 11.7. The Morgan fingerprint density at radius 3 is 2.21 bits per heavy atom. The van der Waals surface area contributed by atoms with E-state index in [0.717, 1.165) is 59.7 Å². The van der Waals surface area contributed by atoms with Crippen molar-refractivity contribution in [1.29, 1.82) is 0 Å². The summed E-state index contributed by atoms with van der Waals surface area (Å²) in [5, 5.41) is 13.1. The number of nitrogens with one attached hydrogen (secondary N) is 1. The Kier molecular flexibility index (Phi) is 7.94. The van der Waals surface area contributed by atoms with Gasteiger partial charge in [-0.2, -0.15) is 0 Å². The maximum Gasteiger partial charge on any atom is 0.183 e. The molecule has 0 amide bonds. The molecule has 0 radical (unpaired) electrons. The van der Waals surface area contributed by atoms with Gasteiger partial charge in [-0.15, -0.1) is 0 Å². The minimum Gasteiger partial charge on any atom is -0.393 e. The molecule has 1 saturated heterocycles. The number of hydrogen-bond acceptors (Lipinski definition) is 5. The highest BCUT2D eigenvalue weighted by atomic mass is 16.3. The number of hydrogen-bond donors (Lipinski definition) is 2. The predicted molar refractivity (Wildman–Crippen MR) is 156 cm³/mol. The zero-order chi connectivity index (χ0) is 27.4. The number of aromatic nitrogens is 1. The van der Waals surface area contributed by atoms with E-state index >= 15 is 0 Å². The van der Waals surface area contributed by atoms with Crippen molar-refractivity contribution in [3.8, 4) is 0 Å². The topological polar surface area (TPSA) is 74.6 Å². The summed E-state index contributed by atoms with van der Waals surface area (Å²) in [5.41, 5.74) is 7.46. The third-order valence-electron chi connectivity index (χ3n) is 7.55. The van der Waals surface area contributed by atoms with Crippen LogP contribution in [0.15, 0.2) is 85.1 Å². The van der Waals surface area contributed by atoms with Gasteiger partial charge in [-0.3, -0.25) is 9.59 Å². The molecule has 39 heavy (non-hydrogen) atoms. The average Bonchev–Trinajstić information content (AvgIpc) is 3.38. The first-order valence-electron chi connectivity index (χ1n) is 13.5. The fraction of sp³-hybridized carbons (Fsp3) is 0.273. The van der Waals surface area contributed by atoms with E-state index in [4.69, 9.17) is 0 Å². The van der Waals surface area contributed by atoms with E-state index in [2.05, 4.69) is 16.3 Å². The second-order valence-electron chi connectivity index (χ2n) is 10.4. The molecule has 6 nitrogen and oxygen atoms in total. The van der Waals surface area contributed by atoms with E-state index < -0.39 is 0 Å². The van der Waals surface area contributed by atoms with Crippen LogP contribution >= 0.6 is 0 Å². The molecule has 2 heterocycles. The van der Waals surface area contributed by atoms with Gasteiger partial charge in [0.1, 0.15) is 0 Å². The van der Waals surface area contributed by atoms with Crippen LogP contribution in [-0.4, -0.2) is 40.4 Å². The summed E-state index contributed by atoms with van der Waals surface area (Å²) in [7, 11) is 1.88. The van der Waals surface area contributed by atoms with Crippen LogP contribution in [0.1, 0.15) is 50.4 Å². The maximum atomic E-state index is 12.9. The van der Waals surface area contributed by atoms with Crippen molar-refractivity contribution in [2.45, 2.75) is 38.7 Å². The van der Waals surface area contributed by atoms with Crippen molar-refractivity contribution in [2.75, 3.05) is 23.3 Å². The number of aliphatic hydroxyl groups excluding tert-OH is 1. The van der Waals surface area contributed by atoms with Crippen LogP contribution in [0.2, 0.25) is 0 Å². The molecular formula is C33H35N3O3. The molecule has 0 saturated carbocycles. The normalized spacial score (nSPS) is 13.9. The Morgan fingerprint density at radius 2 is 1.56 bits per heavy atom.